The van der Waals surface area contributed by atoms with Crippen molar-refractivity contribution in [2.75, 3.05) is 12.4 Å². The molecule has 13 heteroatoms. The molecule has 2 fully saturated rings. The van der Waals surface area contributed by atoms with Crippen molar-refractivity contribution >= 4 is 46.4 Å². The number of ether oxygens (including phenoxy) is 1. The molecule has 0 saturated carbocycles. The van der Waals surface area contributed by atoms with E-state index in [1.165, 1.54) is 34.0 Å². The molecule has 11 nitrogen and oxygen atoms in total. The number of hydrazine groups is 1. The second-order valence-electron chi connectivity index (χ2n) is 5.85. The van der Waals surface area contributed by atoms with Crippen LogP contribution in [-0.4, -0.2) is 87.2 Å². The average molecular weight is 401 g/mol. The Morgan fingerprint density at radius 1 is 1.35 bits per heavy atom. The number of aliphatic hydroxyl groups is 4. The minimum Gasteiger partial charge on any atom is -0.394 e. The van der Waals surface area contributed by atoms with Gasteiger partial charge in [-0.3, -0.25) is 9.36 Å². The van der Waals surface area contributed by atoms with Crippen LogP contribution < -0.4 is 0 Å². The molecule has 0 spiro atoms. The quantitative estimate of drug-likeness (QED) is 0.430. The van der Waals surface area contributed by atoms with Gasteiger partial charge in [0.05, 0.1) is 18.7 Å². The highest BCUT2D eigenvalue weighted by atomic mass is 32.2. The number of fused-ring (bicyclic) bond motifs is 1. The molecule has 0 aliphatic carbocycles. The molecule has 4 rings (SSSR count). The second-order valence-corrected chi connectivity index (χ2v) is 7.46. The van der Waals surface area contributed by atoms with Gasteiger partial charge in [0.1, 0.15) is 30.3 Å². The van der Waals surface area contributed by atoms with E-state index in [4.69, 9.17) is 17.0 Å². The number of thiocarbonyl (C=S) groups is 1. The first-order chi connectivity index (χ1) is 12.4. The number of aliphatic hydroxyl groups excluding tert-OH is 4. The van der Waals surface area contributed by atoms with Crippen molar-refractivity contribution in [2.45, 2.75) is 30.8 Å². The van der Waals surface area contributed by atoms with Gasteiger partial charge in [0.25, 0.3) is 5.91 Å². The Morgan fingerprint density at radius 3 is 2.73 bits per heavy atom. The number of rotatable bonds is 3. The lowest BCUT2D eigenvalue weighted by Gasteiger charge is -2.34. The van der Waals surface area contributed by atoms with E-state index in [1.807, 2.05) is 0 Å². The van der Waals surface area contributed by atoms with Crippen molar-refractivity contribution < 1.29 is 30.0 Å². The van der Waals surface area contributed by atoms with Crippen molar-refractivity contribution in [3.8, 4) is 0 Å². The molecule has 140 valence electrons. The van der Waals surface area contributed by atoms with E-state index in [0.717, 1.165) is 5.01 Å². The number of aromatic nitrogens is 2. The average Bonchev–Trinajstić information content (AvgIpc) is 3.27. The van der Waals surface area contributed by atoms with Crippen molar-refractivity contribution in [2.24, 2.45) is 4.99 Å². The second kappa shape index (κ2) is 6.53. The topological polar surface area (TPSA) is 144 Å². The third-order valence-electron chi connectivity index (χ3n) is 4.34. The number of amides is 1. The van der Waals surface area contributed by atoms with Crippen LogP contribution in [-0.2, 0) is 9.53 Å². The SMILES string of the molecule is O=C1CSC(=S)N1N1C=Nc2c(ncn2[C@@H]2O[C@H](CO)C(O)C2O)C1O. The summed E-state index contributed by atoms with van der Waals surface area (Å²) in [6.45, 7) is -0.461. The number of carbonyl (C=O) groups is 1. The number of hydrogen-bond donors (Lipinski definition) is 4. The maximum atomic E-state index is 12.0. The van der Waals surface area contributed by atoms with Crippen molar-refractivity contribution in [3.63, 3.8) is 0 Å². The summed E-state index contributed by atoms with van der Waals surface area (Å²) in [6.07, 6.45) is -3.33. The Bertz CT molecular complexity index is 771. The summed E-state index contributed by atoms with van der Waals surface area (Å²) in [4.78, 5) is 20.3. The highest BCUT2D eigenvalue weighted by Gasteiger charge is 2.45. The molecule has 3 aliphatic heterocycles. The van der Waals surface area contributed by atoms with Gasteiger partial charge in [0.2, 0.25) is 0 Å². The van der Waals surface area contributed by atoms with Crippen molar-refractivity contribution in [1.82, 2.24) is 19.6 Å². The van der Waals surface area contributed by atoms with E-state index in [1.54, 1.807) is 0 Å². The van der Waals surface area contributed by atoms with Crippen LogP contribution in [0.25, 0.3) is 0 Å². The van der Waals surface area contributed by atoms with Crippen LogP contribution in [0.3, 0.4) is 0 Å². The summed E-state index contributed by atoms with van der Waals surface area (Å²) in [7, 11) is 0. The van der Waals surface area contributed by atoms with E-state index in [2.05, 4.69) is 9.98 Å². The van der Waals surface area contributed by atoms with Gasteiger partial charge in [-0.05, 0) is 0 Å². The fourth-order valence-electron chi connectivity index (χ4n) is 3.01. The molecule has 4 N–H and O–H groups in total. The Balaban J connectivity index is 1.64. The summed E-state index contributed by atoms with van der Waals surface area (Å²) in [5, 5.41) is 42.2. The minimum atomic E-state index is -1.32. The number of aliphatic imine (C=N–C) groups is 1. The molecule has 2 saturated heterocycles. The fraction of sp³-hybridized carbons (Fsp3) is 0.538. The smallest absolute Gasteiger partial charge is 0.257 e. The normalized spacial score (nSPS) is 34.1. The van der Waals surface area contributed by atoms with Gasteiger partial charge in [0.15, 0.2) is 22.6 Å². The Labute approximate surface area is 156 Å². The van der Waals surface area contributed by atoms with Gasteiger partial charge in [-0.15, -0.1) is 0 Å². The maximum Gasteiger partial charge on any atom is 0.257 e. The Hall–Kier alpha value is -1.61. The van der Waals surface area contributed by atoms with E-state index in [9.17, 15) is 25.2 Å². The molecule has 3 aliphatic rings. The molecule has 1 aromatic rings. The summed E-state index contributed by atoms with van der Waals surface area (Å²) >= 11 is 6.30. The first-order valence-electron chi connectivity index (χ1n) is 7.63. The van der Waals surface area contributed by atoms with Gasteiger partial charge >= 0.3 is 0 Å². The summed E-state index contributed by atoms with van der Waals surface area (Å²) in [5.41, 5.74) is 0.137. The molecule has 0 aromatic carbocycles. The Morgan fingerprint density at radius 2 is 2.12 bits per heavy atom. The molecule has 5 atom stereocenters. The van der Waals surface area contributed by atoms with Gasteiger partial charge in [-0.2, -0.15) is 5.01 Å². The number of imidazole rings is 1. The van der Waals surface area contributed by atoms with Crippen LogP contribution in [0.15, 0.2) is 11.3 Å². The third kappa shape index (κ3) is 2.55. The molecule has 4 heterocycles. The van der Waals surface area contributed by atoms with E-state index in [0.29, 0.717) is 4.32 Å². The molecule has 26 heavy (non-hydrogen) atoms. The van der Waals surface area contributed by atoms with Crippen LogP contribution in [0.5, 0.6) is 0 Å². The van der Waals surface area contributed by atoms with E-state index < -0.39 is 37.4 Å². The molecule has 3 unspecified atom stereocenters. The zero-order valence-electron chi connectivity index (χ0n) is 13.1. The highest BCUT2D eigenvalue weighted by Crippen LogP contribution is 2.38. The lowest BCUT2D eigenvalue weighted by molar-refractivity contribution is -0.140. The maximum absolute atomic E-state index is 12.0. The molecule has 0 bridgehead atoms. The number of thioether (sulfide) groups is 1. The van der Waals surface area contributed by atoms with Crippen LogP contribution in [0.1, 0.15) is 18.1 Å². The molecular weight excluding hydrogens is 386 g/mol. The molecule has 1 amide bonds. The third-order valence-corrected chi connectivity index (χ3v) is 5.68. The first kappa shape index (κ1) is 17.8. The Kier molecular flexibility index (Phi) is 4.46. The van der Waals surface area contributed by atoms with Gasteiger partial charge in [-0.1, -0.05) is 24.0 Å². The van der Waals surface area contributed by atoms with Crippen LogP contribution in [0.4, 0.5) is 5.82 Å². The van der Waals surface area contributed by atoms with E-state index >= 15 is 0 Å². The summed E-state index contributed by atoms with van der Waals surface area (Å²) < 4.78 is 7.11. The number of carbonyl (C=O) groups excluding carboxylic acids is 1. The summed E-state index contributed by atoms with van der Waals surface area (Å²) in [6, 6.07) is 0. The van der Waals surface area contributed by atoms with Gasteiger partial charge < -0.3 is 25.2 Å². The molecule has 0 radical (unpaired) electrons. The predicted molar refractivity (Wildman–Crippen MR) is 92.1 cm³/mol. The van der Waals surface area contributed by atoms with Gasteiger partial charge in [0, 0.05) is 0 Å². The van der Waals surface area contributed by atoms with Crippen LogP contribution in [0.2, 0.25) is 0 Å². The number of hydrogen-bond acceptors (Lipinski definition) is 11. The van der Waals surface area contributed by atoms with Crippen LogP contribution >= 0.6 is 24.0 Å². The van der Waals surface area contributed by atoms with Gasteiger partial charge in [-0.25, -0.2) is 15.0 Å². The molecular formula is C13H15N5O6S2. The standard InChI is InChI=1S/C13H15N5O6S2/c19-1-5-8(21)9(22)12(24-5)16-3-14-7-10(16)15-4-17(11(7)23)18-6(20)2-26-13(18)25/h3-5,8-9,11-12,19,21-23H,1-2H2/t5-,8?,9?,11?,12-/m1/s1. The fourth-order valence-corrected chi connectivity index (χ4v) is 4.07. The van der Waals surface area contributed by atoms with Crippen molar-refractivity contribution in [1.29, 1.82) is 0 Å². The lowest BCUT2D eigenvalue weighted by atomic mass is 10.1. The first-order valence-corrected chi connectivity index (χ1v) is 9.02. The zero-order valence-corrected chi connectivity index (χ0v) is 14.7. The van der Waals surface area contributed by atoms with Crippen LogP contribution in [0, 0.1) is 0 Å². The monoisotopic (exact) mass is 401 g/mol. The zero-order chi connectivity index (χ0) is 18.6. The largest absolute Gasteiger partial charge is 0.394 e. The molecule has 1 aromatic heterocycles. The number of nitrogens with zero attached hydrogens (tertiary/aromatic N) is 5. The summed E-state index contributed by atoms with van der Waals surface area (Å²) in [5.74, 6) is 0.102. The van der Waals surface area contributed by atoms with Crippen molar-refractivity contribution in [3.05, 3.63) is 12.0 Å². The predicted octanol–water partition coefficient (Wildman–Crippen LogP) is -1.76. The minimum absolute atomic E-state index is 0.137. The lowest BCUT2D eigenvalue weighted by Crippen LogP contribution is -2.47. The highest BCUT2D eigenvalue weighted by molar-refractivity contribution is 8.23. The van der Waals surface area contributed by atoms with E-state index in [-0.39, 0.29) is 23.2 Å².